The number of aryl methyl sites for hydroxylation is 1. The van der Waals surface area contributed by atoms with E-state index in [4.69, 9.17) is 9.47 Å². The molecular weight excluding hydrogens is 372 g/mol. The van der Waals surface area contributed by atoms with Crippen molar-refractivity contribution in [3.8, 4) is 11.5 Å². The number of carbonyl (C=O) groups excluding carboxylic acids is 1. The number of aromatic nitrogens is 1. The first-order valence-corrected chi connectivity index (χ1v) is 10.1. The van der Waals surface area contributed by atoms with E-state index in [2.05, 4.69) is 17.1 Å². The summed E-state index contributed by atoms with van der Waals surface area (Å²) >= 11 is 1.49. The van der Waals surface area contributed by atoms with Gasteiger partial charge in [0.15, 0.2) is 11.5 Å². The third-order valence-corrected chi connectivity index (χ3v) is 5.86. The molecule has 1 aromatic heterocycles. The van der Waals surface area contributed by atoms with E-state index >= 15 is 0 Å². The van der Waals surface area contributed by atoms with Crippen molar-refractivity contribution in [2.24, 2.45) is 0 Å². The van der Waals surface area contributed by atoms with Gasteiger partial charge < -0.3 is 14.4 Å². The lowest BCUT2D eigenvalue weighted by Gasteiger charge is -2.20. The van der Waals surface area contributed by atoms with Crippen LogP contribution in [0.25, 0.3) is 0 Å². The highest BCUT2D eigenvalue weighted by atomic mass is 32.1. The van der Waals surface area contributed by atoms with Gasteiger partial charge in [-0.25, -0.2) is 4.98 Å². The SMILES string of the molecule is CCN(Cc1ccc2c(c1)OCO2)C(=O)c1sc(Cc2ccccc2)nc1C. The Hall–Kier alpha value is -2.86. The molecule has 0 bridgehead atoms. The minimum Gasteiger partial charge on any atom is -0.454 e. The van der Waals surface area contributed by atoms with Crippen molar-refractivity contribution in [1.29, 1.82) is 0 Å². The van der Waals surface area contributed by atoms with Gasteiger partial charge in [0.05, 0.1) is 10.7 Å². The van der Waals surface area contributed by atoms with Crippen LogP contribution in [0.3, 0.4) is 0 Å². The molecule has 0 spiro atoms. The molecule has 6 heteroatoms. The smallest absolute Gasteiger partial charge is 0.266 e. The molecule has 144 valence electrons. The molecule has 0 aliphatic carbocycles. The summed E-state index contributed by atoms with van der Waals surface area (Å²) in [5, 5.41) is 0.964. The number of hydrogen-bond acceptors (Lipinski definition) is 5. The Morgan fingerprint density at radius 2 is 1.89 bits per heavy atom. The van der Waals surface area contributed by atoms with Crippen molar-refractivity contribution in [2.45, 2.75) is 26.8 Å². The van der Waals surface area contributed by atoms with Crippen LogP contribution in [0.2, 0.25) is 0 Å². The molecule has 1 aliphatic rings. The standard InChI is InChI=1S/C22H22N2O3S/c1-3-24(13-17-9-10-18-19(11-17)27-14-26-18)22(25)21-15(2)23-20(28-21)12-16-7-5-4-6-8-16/h4-11H,3,12-14H2,1-2H3. The number of benzene rings is 2. The van der Waals surface area contributed by atoms with Gasteiger partial charge in [-0.3, -0.25) is 4.79 Å². The van der Waals surface area contributed by atoms with Gasteiger partial charge in [-0.1, -0.05) is 36.4 Å². The van der Waals surface area contributed by atoms with Gasteiger partial charge in [0.25, 0.3) is 5.91 Å². The summed E-state index contributed by atoms with van der Waals surface area (Å²) in [4.78, 5) is 20.3. The van der Waals surface area contributed by atoms with Crippen molar-refractivity contribution in [2.75, 3.05) is 13.3 Å². The molecule has 0 atom stereocenters. The summed E-state index contributed by atoms with van der Waals surface area (Å²) < 4.78 is 10.8. The van der Waals surface area contributed by atoms with Gasteiger partial charge in [-0.15, -0.1) is 11.3 Å². The fourth-order valence-electron chi connectivity index (χ4n) is 3.23. The van der Waals surface area contributed by atoms with Crippen LogP contribution < -0.4 is 9.47 Å². The lowest BCUT2D eigenvalue weighted by Crippen LogP contribution is -2.30. The van der Waals surface area contributed by atoms with Crippen LogP contribution in [-0.2, 0) is 13.0 Å². The van der Waals surface area contributed by atoms with E-state index in [-0.39, 0.29) is 12.7 Å². The molecule has 2 heterocycles. The predicted octanol–water partition coefficient (Wildman–Crippen LogP) is 4.43. The van der Waals surface area contributed by atoms with E-state index in [9.17, 15) is 4.79 Å². The fourth-order valence-corrected chi connectivity index (χ4v) is 4.29. The number of carbonyl (C=O) groups is 1. The second-order valence-corrected chi connectivity index (χ2v) is 7.78. The zero-order valence-corrected chi connectivity index (χ0v) is 16.8. The van der Waals surface area contributed by atoms with E-state index in [1.54, 1.807) is 0 Å². The predicted molar refractivity (Wildman–Crippen MR) is 109 cm³/mol. The molecule has 28 heavy (non-hydrogen) atoms. The van der Waals surface area contributed by atoms with Crippen LogP contribution >= 0.6 is 11.3 Å². The number of hydrogen-bond donors (Lipinski definition) is 0. The molecule has 1 amide bonds. The maximum atomic E-state index is 13.1. The Balaban J connectivity index is 1.50. The minimum absolute atomic E-state index is 0.0227. The minimum atomic E-state index is 0.0227. The largest absolute Gasteiger partial charge is 0.454 e. The second-order valence-electron chi connectivity index (χ2n) is 6.69. The van der Waals surface area contributed by atoms with Crippen molar-refractivity contribution < 1.29 is 14.3 Å². The average Bonchev–Trinajstić information content (AvgIpc) is 3.32. The first kappa shape index (κ1) is 18.5. The van der Waals surface area contributed by atoms with Crippen molar-refractivity contribution >= 4 is 17.2 Å². The molecule has 4 rings (SSSR count). The zero-order valence-electron chi connectivity index (χ0n) is 16.0. The van der Waals surface area contributed by atoms with Crippen LogP contribution in [0.5, 0.6) is 11.5 Å². The lowest BCUT2D eigenvalue weighted by molar-refractivity contribution is 0.0756. The van der Waals surface area contributed by atoms with Crippen molar-refractivity contribution in [3.05, 3.63) is 75.2 Å². The summed E-state index contributed by atoms with van der Waals surface area (Å²) in [6.07, 6.45) is 0.744. The normalized spacial score (nSPS) is 12.2. The Kier molecular flexibility index (Phi) is 5.30. The van der Waals surface area contributed by atoms with Crippen LogP contribution in [-0.4, -0.2) is 29.1 Å². The van der Waals surface area contributed by atoms with Gasteiger partial charge in [0, 0.05) is 19.5 Å². The molecular formula is C22H22N2O3S. The number of ether oxygens (including phenoxy) is 2. The van der Waals surface area contributed by atoms with E-state index < -0.39 is 0 Å². The first-order valence-electron chi connectivity index (χ1n) is 9.32. The molecule has 0 N–H and O–H groups in total. The highest BCUT2D eigenvalue weighted by Gasteiger charge is 2.22. The van der Waals surface area contributed by atoms with Crippen LogP contribution in [0.4, 0.5) is 0 Å². The summed E-state index contributed by atoms with van der Waals surface area (Å²) in [5.41, 5.74) is 3.01. The second kappa shape index (κ2) is 8.02. The molecule has 5 nitrogen and oxygen atoms in total. The van der Waals surface area contributed by atoms with Crippen molar-refractivity contribution in [3.63, 3.8) is 0 Å². The van der Waals surface area contributed by atoms with Gasteiger partial charge in [-0.05, 0) is 37.1 Å². The quantitative estimate of drug-likeness (QED) is 0.620. The van der Waals surface area contributed by atoms with Crippen LogP contribution in [0.1, 0.15) is 38.4 Å². The Morgan fingerprint density at radius 3 is 2.68 bits per heavy atom. The molecule has 3 aromatic rings. The number of amides is 1. The van der Waals surface area contributed by atoms with Gasteiger partial charge in [-0.2, -0.15) is 0 Å². The van der Waals surface area contributed by atoms with Gasteiger partial charge in [0.2, 0.25) is 6.79 Å². The van der Waals surface area contributed by atoms with E-state index in [0.717, 1.165) is 34.2 Å². The number of fused-ring (bicyclic) bond motifs is 1. The maximum absolute atomic E-state index is 13.1. The molecule has 0 saturated carbocycles. The summed E-state index contributed by atoms with van der Waals surface area (Å²) in [6, 6.07) is 16.0. The topological polar surface area (TPSA) is 51.7 Å². The lowest BCUT2D eigenvalue weighted by atomic mass is 10.2. The Labute approximate surface area is 168 Å². The summed E-state index contributed by atoms with van der Waals surface area (Å²) in [6.45, 7) is 5.30. The molecule has 1 aliphatic heterocycles. The summed E-state index contributed by atoms with van der Waals surface area (Å²) in [7, 11) is 0. The monoisotopic (exact) mass is 394 g/mol. The first-order chi connectivity index (χ1) is 13.6. The van der Waals surface area contributed by atoms with Crippen LogP contribution in [0.15, 0.2) is 48.5 Å². The zero-order chi connectivity index (χ0) is 19.5. The van der Waals surface area contributed by atoms with Gasteiger partial charge >= 0.3 is 0 Å². The van der Waals surface area contributed by atoms with E-state index in [0.29, 0.717) is 18.0 Å². The van der Waals surface area contributed by atoms with E-state index in [1.165, 1.54) is 16.9 Å². The summed E-state index contributed by atoms with van der Waals surface area (Å²) in [5.74, 6) is 1.51. The molecule has 0 saturated heterocycles. The highest BCUT2D eigenvalue weighted by Crippen LogP contribution is 2.33. The number of thiazole rings is 1. The third kappa shape index (κ3) is 3.87. The Morgan fingerprint density at radius 1 is 1.11 bits per heavy atom. The highest BCUT2D eigenvalue weighted by molar-refractivity contribution is 7.13. The molecule has 0 radical (unpaired) electrons. The van der Waals surface area contributed by atoms with Gasteiger partial charge in [0.1, 0.15) is 4.88 Å². The molecule has 0 fully saturated rings. The van der Waals surface area contributed by atoms with E-state index in [1.807, 2.05) is 55.1 Å². The van der Waals surface area contributed by atoms with Crippen LogP contribution in [0, 0.1) is 6.92 Å². The average molecular weight is 394 g/mol. The third-order valence-electron chi connectivity index (χ3n) is 4.71. The molecule has 0 unspecified atom stereocenters. The number of nitrogens with zero attached hydrogens (tertiary/aromatic N) is 2. The Bertz CT molecular complexity index is 985. The van der Waals surface area contributed by atoms with Crippen molar-refractivity contribution in [1.82, 2.24) is 9.88 Å². The molecule has 2 aromatic carbocycles. The fraction of sp³-hybridized carbons (Fsp3) is 0.273. The maximum Gasteiger partial charge on any atom is 0.266 e. The number of rotatable bonds is 6.